The van der Waals surface area contributed by atoms with Crippen molar-refractivity contribution < 1.29 is 4.74 Å². The Morgan fingerprint density at radius 3 is 2.90 bits per heavy atom. The fourth-order valence-electron chi connectivity index (χ4n) is 1.69. The van der Waals surface area contributed by atoms with E-state index in [0.29, 0.717) is 17.9 Å². The van der Waals surface area contributed by atoms with Crippen molar-refractivity contribution in [2.45, 2.75) is 20.0 Å². The highest BCUT2D eigenvalue weighted by atomic mass is 16.5. The van der Waals surface area contributed by atoms with Gasteiger partial charge in [-0.1, -0.05) is 19.1 Å². The minimum absolute atomic E-state index is 0.440. The molecular formula is C16H17N3O. The first-order valence-corrected chi connectivity index (χ1v) is 6.63. The van der Waals surface area contributed by atoms with E-state index in [1.807, 2.05) is 24.3 Å². The molecule has 0 saturated heterocycles. The lowest BCUT2D eigenvalue weighted by atomic mass is 10.2. The lowest BCUT2D eigenvalue weighted by molar-refractivity contribution is 0.305. The Morgan fingerprint density at radius 2 is 2.20 bits per heavy atom. The van der Waals surface area contributed by atoms with Crippen LogP contribution in [0, 0.1) is 11.3 Å². The largest absolute Gasteiger partial charge is 0.489 e. The van der Waals surface area contributed by atoms with Gasteiger partial charge in [0, 0.05) is 18.3 Å². The van der Waals surface area contributed by atoms with Crippen LogP contribution in [-0.4, -0.2) is 11.5 Å². The maximum absolute atomic E-state index is 8.83. The van der Waals surface area contributed by atoms with Crippen molar-refractivity contribution in [2.75, 3.05) is 11.9 Å². The third-order valence-corrected chi connectivity index (χ3v) is 2.75. The van der Waals surface area contributed by atoms with Crippen LogP contribution in [0.5, 0.6) is 5.75 Å². The number of nitriles is 1. The predicted octanol–water partition coefficient (Wildman–Crippen LogP) is 3.35. The number of pyridine rings is 1. The lowest BCUT2D eigenvalue weighted by Gasteiger charge is -2.07. The summed E-state index contributed by atoms with van der Waals surface area (Å²) in [5.74, 6) is 1.57. The Kier molecular flexibility index (Phi) is 4.96. The summed E-state index contributed by atoms with van der Waals surface area (Å²) in [4.78, 5) is 4.32. The van der Waals surface area contributed by atoms with Crippen LogP contribution in [0.15, 0.2) is 42.6 Å². The molecule has 1 N–H and O–H groups in total. The summed E-state index contributed by atoms with van der Waals surface area (Å²) in [6.07, 6.45) is 2.87. The van der Waals surface area contributed by atoms with Crippen molar-refractivity contribution in [1.82, 2.24) is 4.98 Å². The standard InChI is InChI=1S/C16H17N3O/c1-2-8-18-16-7-6-14(11-19-16)12-20-15-5-3-4-13(9-15)10-17/h3-7,9,11H,2,8,12H2,1H3,(H,18,19). The molecule has 0 aliphatic heterocycles. The van der Waals surface area contributed by atoms with E-state index in [1.54, 1.807) is 18.3 Å². The van der Waals surface area contributed by atoms with Crippen LogP contribution >= 0.6 is 0 Å². The Morgan fingerprint density at radius 1 is 1.30 bits per heavy atom. The molecule has 0 fully saturated rings. The normalized spacial score (nSPS) is 9.80. The molecule has 0 unspecified atom stereocenters. The maximum atomic E-state index is 8.83. The predicted molar refractivity (Wildman–Crippen MR) is 78.5 cm³/mol. The second-order valence-electron chi connectivity index (χ2n) is 4.41. The third-order valence-electron chi connectivity index (χ3n) is 2.75. The number of nitrogens with zero attached hydrogens (tertiary/aromatic N) is 2. The van der Waals surface area contributed by atoms with E-state index in [2.05, 4.69) is 23.3 Å². The SMILES string of the molecule is CCCNc1ccc(COc2cccc(C#N)c2)cn1. The minimum Gasteiger partial charge on any atom is -0.489 e. The number of nitrogens with one attached hydrogen (secondary N) is 1. The fraction of sp³-hybridized carbons (Fsp3) is 0.250. The van der Waals surface area contributed by atoms with Crippen LogP contribution in [0.4, 0.5) is 5.82 Å². The van der Waals surface area contributed by atoms with Crippen LogP contribution in [-0.2, 0) is 6.61 Å². The van der Waals surface area contributed by atoms with Gasteiger partial charge >= 0.3 is 0 Å². The van der Waals surface area contributed by atoms with Gasteiger partial charge in [-0.15, -0.1) is 0 Å². The summed E-state index contributed by atoms with van der Waals surface area (Å²) in [6, 6.07) is 13.1. The quantitative estimate of drug-likeness (QED) is 0.872. The van der Waals surface area contributed by atoms with Gasteiger partial charge in [0.25, 0.3) is 0 Å². The number of benzene rings is 1. The van der Waals surface area contributed by atoms with Gasteiger partial charge in [0.1, 0.15) is 18.2 Å². The second kappa shape index (κ2) is 7.15. The molecule has 0 aliphatic rings. The number of hydrogen-bond acceptors (Lipinski definition) is 4. The van der Waals surface area contributed by atoms with Crippen LogP contribution in [0.3, 0.4) is 0 Å². The topological polar surface area (TPSA) is 57.9 Å². The summed E-state index contributed by atoms with van der Waals surface area (Å²) < 4.78 is 5.64. The van der Waals surface area contributed by atoms with Gasteiger partial charge in [0.05, 0.1) is 11.6 Å². The number of hydrogen-bond donors (Lipinski definition) is 1. The minimum atomic E-state index is 0.440. The summed E-state index contributed by atoms with van der Waals surface area (Å²) in [5.41, 5.74) is 1.59. The Labute approximate surface area is 119 Å². The van der Waals surface area contributed by atoms with Crippen LogP contribution in [0.2, 0.25) is 0 Å². The van der Waals surface area contributed by atoms with E-state index in [4.69, 9.17) is 10.00 Å². The van der Waals surface area contributed by atoms with Crippen molar-refractivity contribution in [3.63, 3.8) is 0 Å². The van der Waals surface area contributed by atoms with Gasteiger partial charge in [-0.3, -0.25) is 0 Å². The molecule has 1 aromatic heterocycles. The number of rotatable bonds is 6. The van der Waals surface area contributed by atoms with Crippen molar-refractivity contribution in [2.24, 2.45) is 0 Å². The summed E-state index contributed by atoms with van der Waals surface area (Å²) in [6.45, 7) is 3.48. The van der Waals surface area contributed by atoms with Crippen LogP contribution < -0.4 is 10.1 Å². The van der Waals surface area contributed by atoms with Crippen molar-refractivity contribution in [3.05, 3.63) is 53.7 Å². The molecule has 0 aliphatic carbocycles. The van der Waals surface area contributed by atoms with E-state index in [0.717, 1.165) is 24.3 Å². The Hall–Kier alpha value is -2.54. The maximum Gasteiger partial charge on any atom is 0.125 e. The van der Waals surface area contributed by atoms with Crippen LogP contribution in [0.25, 0.3) is 0 Å². The van der Waals surface area contributed by atoms with E-state index in [9.17, 15) is 0 Å². The molecule has 0 spiro atoms. The van der Waals surface area contributed by atoms with E-state index in [-0.39, 0.29) is 0 Å². The highest BCUT2D eigenvalue weighted by molar-refractivity contribution is 5.37. The van der Waals surface area contributed by atoms with E-state index >= 15 is 0 Å². The average molecular weight is 267 g/mol. The molecule has 1 aromatic carbocycles. The first kappa shape index (κ1) is 13.9. The average Bonchev–Trinajstić information content (AvgIpc) is 2.52. The lowest BCUT2D eigenvalue weighted by Crippen LogP contribution is -2.02. The number of ether oxygens (including phenoxy) is 1. The van der Waals surface area contributed by atoms with Gasteiger partial charge in [0.2, 0.25) is 0 Å². The van der Waals surface area contributed by atoms with E-state index < -0.39 is 0 Å². The molecule has 4 nitrogen and oxygen atoms in total. The molecule has 102 valence electrons. The molecule has 4 heteroatoms. The Balaban J connectivity index is 1.92. The first-order chi connectivity index (χ1) is 9.81. The molecule has 0 atom stereocenters. The fourth-order valence-corrected chi connectivity index (χ4v) is 1.69. The van der Waals surface area contributed by atoms with Crippen molar-refractivity contribution in [3.8, 4) is 11.8 Å². The van der Waals surface area contributed by atoms with Gasteiger partial charge in [-0.05, 0) is 30.7 Å². The van der Waals surface area contributed by atoms with Gasteiger partial charge in [0.15, 0.2) is 0 Å². The summed E-state index contributed by atoms with van der Waals surface area (Å²) in [7, 11) is 0. The van der Waals surface area contributed by atoms with Gasteiger partial charge < -0.3 is 10.1 Å². The molecule has 0 amide bonds. The van der Waals surface area contributed by atoms with Crippen molar-refractivity contribution >= 4 is 5.82 Å². The van der Waals surface area contributed by atoms with Crippen LogP contribution in [0.1, 0.15) is 24.5 Å². The number of aromatic nitrogens is 1. The molecule has 0 saturated carbocycles. The molecule has 0 bridgehead atoms. The molecule has 0 radical (unpaired) electrons. The molecule has 2 rings (SSSR count). The molecule has 1 heterocycles. The smallest absolute Gasteiger partial charge is 0.125 e. The summed E-state index contributed by atoms with van der Waals surface area (Å²) in [5, 5.41) is 12.0. The van der Waals surface area contributed by atoms with E-state index in [1.165, 1.54) is 0 Å². The monoisotopic (exact) mass is 267 g/mol. The first-order valence-electron chi connectivity index (χ1n) is 6.63. The van der Waals surface area contributed by atoms with Gasteiger partial charge in [-0.25, -0.2) is 4.98 Å². The summed E-state index contributed by atoms with van der Waals surface area (Å²) >= 11 is 0. The molecule has 20 heavy (non-hydrogen) atoms. The second-order valence-corrected chi connectivity index (χ2v) is 4.41. The zero-order valence-corrected chi connectivity index (χ0v) is 11.5. The molecule has 2 aromatic rings. The van der Waals surface area contributed by atoms with Crippen molar-refractivity contribution in [1.29, 1.82) is 5.26 Å². The highest BCUT2D eigenvalue weighted by Gasteiger charge is 1.99. The Bertz CT molecular complexity index is 587. The third kappa shape index (κ3) is 3.99. The molecular weight excluding hydrogens is 250 g/mol. The number of anilines is 1. The zero-order valence-electron chi connectivity index (χ0n) is 11.5. The van der Waals surface area contributed by atoms with Gasteiger partial charge in [-0.2, -0.15) is 5.26 Å². The zero-order chi connectivity index (χ0) is 14.2. The highest BCUT2D eigenvalue weighted by Crippen LogP contribution is 2.15.